The number of sulfonamides is 1. The Balaban J connectivity index is 1.89. The maximum absolute atomic E-state index is 11.4. The highest BCUT2D eigenvalue weighted by atomic mass is 32.2. The fourth-order valence-electron chi connectivity index (χ4n) is 3.36. The van der Waals surface area contributed by atoms with Gasteiger partial charge in [-0.3, -0.25) is 9.52 Å². The van der Waals surface area contributed by atoms with Gasteiger partial charge in [0.1, 0.15) is 18.0 Å². The quantitative estimate of drug-likeness (QED) is 0.702. The molecule has 0 spiro atoms. The normalized spacial score (nSPS) is 28.6. The van der Waals surface area contributed by atoms with E-state index in [9.17, 15) is 18.3 Å². The predicted octanol–water partition coefficient (Wildman–Crippen LogP) is 0.527. The monoisotopic (exact) mass is 357 g/mol. The van der Waals surface area contributed by atoms with Crippen LogP contribution < -0.4 is 9.46 Å². The Labute approximate surface area is 139 Å². The highest BCUT2D eigenvalue weighted by molar-refractivity contribution is 7.92. The lowest BCUT2D eigenvalue weighted by Crippen LogP contribution is -2.46. The second kappa shape index (κ2) is 6.23. The van der Waals surface area contributed by atoms with Crippen LogP contribution in [0.2, 0.25) is 0 Å². The molecule has 1 aromatic carbocycles. The van der Waals surface area contributed by atoms with E-state index in [4.69, 9.17) is 14.6 Å². The average Bonchev–Trinajstić information content (AvgIpc) is 2.82. The molecule has 0 aromatic heterocycles. The van der Waals surface area contributed by atoms with Gasteiger partial charge in [-0.25, -0.2) is 8.42 Å². The van der Waals surface area contributed by atoms with Gasteiger partial charge in [0.05, 0.1) is 25.4 Å². The summed E-state index contributed by atoms with van der Waals surface area (Å²) in [5, 5.41) is 18.5. The number of fused-ring (bicyclic) bond motifs is 3. The molecule has 4 atom stereocenters. The Bertz CT molecular complexity index is 748. The molecule has 1 aromatic rings. The molecule has 132 valence electrons. The second-order valence-electron chi connectivity index (χ2n) is 6.13. The fraction of sp³-hybridized carbons (Fsp3) is 0.533. The Morgan fingerprint density at radius 2 is 2.17 bits per heavy atom. The lowest BCUT2D eigenvalue weighted by molar-refractivity contribution is -0.153. The molecule has 2 heterocycles. The SMILES string of the molecule is CS(=O)(=O)Nc1ccc2c(c1)[C@@H]1C[C@@H](CC(=O)O)O[C@@H](CO)[C@@H]1O2. The average molecular weight is 357 g/mol. The zero-order chi connectivity index (χ0) is 17.5. The standard InChI is InChI=1S/C15H19NO7S/c1-24(20,21)16-8-2-3-12-10(4-8)11-5-9(6-14(18)19)22-13(7-17)15(11)23-12/h2-4,9,11,13,15-17H,5-7H2,1H3,(H,18,19)/t9-,11-,13-,15+/m0/s1. The maximum atomic E-state index is 11.4. The number of benzene rings is 1. The van der Waals surface area contributed by atoms with E-state index >= 15 is 0 Å². The summed E-state index contributed by atoms with van der Waals surface area (Å²) in [5.74, 6) is -0.527. The van der Waals surface area contributed by atoms with Crippen molar-refractivity contribution in [3.05, 3.63) is 23.8 Å². The minimum atomic E-state index is -3.40. The number of hydrogen-bond acceptors (Lipinski definition) is 6. The van der Waals surface area contributed by atoms with Crippen LogP contribution in [-0.4, -0.2) is 55.8 Å². The van der Waals surface area contributed by atoms with E-state index in [-0.39, 0.29) is 18.9 Å². The van der Waals surface area contributed by atoms with Crippen molar-refractivity contribution in [2.75, 3.05) is 17.6 Å². The third kappa shape index (κ3) is 3.47. The first-order valence-electron chi connectivity index (χ1n) is 7.53. The zero-order valence-corrected chi connectivity index (χ0v) is 13.8. The first kappa shape index (κ1) is 17.0. The van der Waals surface area contributed by atoms with Gasteiger partial charge in [0.25, 0.3) is 0 Å². The number of aliphatic hydroxyl groups excluding tert-OH is 1. The van der Waals surface area contributed by atoms with Gasteiger partial charge >= 0.3 is 5.97 Å². The molecule has 1 fully saturated rings. The molecule has 8 nitrogen and oxygen atoms in total. The van der Waals surface area contributed by atoms with Gasteiger partial charge in [0.15, 0.2) is 0 Å². The van der Waals surface area contributed by atoms with E-state index in [1.54, 1.807) is 18.2 Å². The number of carbonyl (C=O) groups is 1. The van der Waals surface area contributed by atoms with Crippen molar-refractivity contribution in [2.24, 2.45) is 0 Å². The number of ether oxygens (including phenoxy) is 2. The van der Waals surface area contributed by atoms with Crippen molar-refractivity contribution >= 4 is 21.7 Å². The van der Waals surface area contributed by atoms with Crippen LogP contribution in [0.25, 0.3) is 0 Å². The third-order valence-corrected chi connectivity index (χ3v) is 4.81. The van der Waals surface area contributed by atoms with E-state index in [0.717, 1.165) is 11.8 Å². The highest BCUT2D eigenvalue weighted by Gasteiger charge is 2.46. The minimum Gasteiger partial charge on any atom is -0.487 e. The van der Waals surface area contributed by atoms with E-state index < -0.39 is 34.3 Å². The molecule has 0 amide bonds. The predicted molar refractivity (Wildman–Crippen MR) is 84.7 cm³/mol. The summed E-state index contributed by atoms with van der Waals surface area (Å²) < 4.78 is 36.7. The number of anilines is 1. The molecule has 2 aliphatic rings. The molecular formula is C15H19NO7S. The smallest absolute Gasteiger partial charge is 0.305 e. The Kier molecular flexibility index (Phi) is 4.41. The van der Waals surface area contributed by atoms with Gasteiger partial charge in [-0.1, -0.05) is 0 Å². The van der Waals surface area contributed by atoms with Crippen molar-refractivity contribution in [1.29, 1.82) is 0 Å². The number of carboxylic acids is 1. The molecule has 0 aliphatic carbocycles. The lowest BCUT2D eigenvalue weighted by atomic mass is 9.84. The summed E-state index contributed by atoms with van der Waals surface area (Å²) >= 11 is 0. The van der Waals surface area contributed by atoms with Crippen molar-refractivity contribution in [3.63, 3.8) is 0 Å². The number of carboxylic acid groups (broad SMARTS) is 1. The summed E-state index contributed by atoms with van der Waals surface area (Å²) in [6, 6.07) is 4.96. The Morgan fingerprint density at radius 1 is 1.42 bits per heavy atom. The van der Waals surface area contributed by atoms with Gasteiger partial charge in [0, 0.05) is 17.2 Å². The second-order valence-corrected chi connectivity index (χ2v) is 7.88. The van der Waals surface area contributed by atoms with Gasteiger partial charge < -0.3 is 19.7 Å². The molecule has 0 radical (unpaired) electrons. The van der Waals surface area contributed by atoms with Crippen molar-refractivity contribution < 1.29 is 32.9 Å². The lowest BCUT2D eigenvalue weighted by Gasteiger charge is -2.36. The molecule has 3 N–H and O–H groups in total. The van der Waals surface area contributed by atoms with Crippen molar-refractivity contribution in [2.45, 2.75) is 37.1 Å². The van der Waals surface area contributed by atoms with Crippen LogP contribution >= 0.6 is 0 Å². The van der Waals surface area contributed by atoms with Crippen LogP contribution in [0.5, 0.6) is 5.75 Å². The van der Waals surface area contributed by atoms with E-state index in [1.165, 1.54) is 0 Å². The van der Waals surface area contributed by atoms with Gasteiger partial charge in [-0.05, 0) is 24.6 Å². The number of aliphatic carboxylic acids is 1. The van der Waals surface area contributed by atoms with E-state index in [0.29, 0.717) is 17.9 Å². The van der Waals surface area contributed by atoms with Crippen LogP contribution in [0.15, 0.2) is 18.2 Å². The molecule has 0 unspecified atom stereocenters. The molecule has 0 bridgehead atoms. The van der Waals surface area contributed by atoms with E-state index in [2.05, 4.69) is 4.72 Å². The summed E-state index contributed by atoms with van der Waals surface area (Å²) in [6.07, 6.45) is -0.213. The van der Waals surface area contributed by atoms with E-state index in [1.807, 2.05) is 0 Å². The molecule has 24 heavy (non-hydrogen) atoms. The van der Waals surface area contributed by atoms with Crippen molar-refractivity contribution in [1.82, 2.24) is 0 Å². The summed E-state index contributed by atoms with van der Waals surface area (Å²) in [5.41, 5.74) is 1.22. The van der Waals surface area contributed by atoms with Crippen LogP contribution in [0.4, 0.5) is 5.69 Å². The molecule has 9 heteroatoms. The van der Waals surface area contributed by atoms with Crippen LogP contribution in [0.3, 0.4) is 0 Å². The maximum Gasteiger partial charge on any atom is 0.305 e. The van der Waals surface area contributed by atoms with Gasteiger partial charge in [-0.2, -0.15) is 0 Å². The number of nitrogens with one attached hydrogen (secondary N) is 1. The Morgan fingerprint density at radius 3 is 2.79 bits per heavy atom. The fourth-order valence-corrected chi connectivity index (χ4v) is 3.92. The first-order chi connectivity index (χ1) is 11.3. The summed E-state index contributed by atoms with van der Waals surface area (Å²) in [4.78, 5) is 11.0. The topological polar surface area (TPSA) is 122 Å². The number of rotatable bonds is 5. The summed E-state index contributed by atoms with van der Waals surface area (Å²) in [7, 11) is -3.40. The molecular weight excluding hydrogens is 338 g/mol. The zero-order valence-electron chi connectivity index (χ0n) is 13.0. The summed E-state index contributed by atoms with van der Waals surface area (Å²) in [6.45, 7) is -0.278. The molecule has 2 aliphatic heterocycles. The number of aliphatic hydroxyl groups is 1. The van der Waals surface area contributed by atoms with Crippen LogP contribution in [-0.2, 0) is 19.6 Å². The van der Waals surface area contributed by atoms with Crippen LogP contribution in [0.1, 0.15) is 24.3 Å². The van der Waals surface area contributed by atoms with Crippen molar-refractivity contribution in [3.8, 4) is 5.75 Å². The minimum absolute atomic E-state index is 0.156. The Hall–Kier alpha value is -1.84. The van der Waals surface area contributed by atoms with Crippen LogP contribution in [0, 0.1) is 0 Å². The molecule has 3 rings (SSSR count). The van der Waals surface area contributed by atoms with Gasteiger partial charge in [-0.15, -0.1) is 0 Å². The third-order valence-electron chi connectivity index (χ3n) is 4.20. The largest absolute Gasteiger partial charge is 0.487 e. The molecule has 1 saturated heterocycles. The highest BCUT2D eigenvalue weighted by Crippen LogP contribution is 2.47. The number of hydrogen-bond donors (Lipinski definition) is 3. The van der Waals surface area contributed by atoms with Gasteiger partial charge in [0.2, 0.25) is 10.0 Å². The first-order valence-corrected chi connectivity index (χ1v) is 9.42. The molecule has 0 saturated carbocycles.